The molecule has 0 unspecified atom stereocenters. The van der Waals surface area contributed by atoms with Crippen molar-refractivity contribution in [2.75, 3.05) is 30.9 Å². The van der Waals surface area contributed by atoms with E-state index in [4.69, 9.17) is 16.9 Å². The Bertz CT molecular complexity index is 455. The fourth-order valence-electron chi connectivity index (χ4n) is 1.38. The van der Waals surface area contributed by atoms with Crippen molar-refractivity contribution >= 4 is 23.4 Å². The number of hydrogen-bond acceptors (Lipinski definition) is 4. The molecule has 1 amide bonds. The zero-order valence-corrected chi connectivity index (χ0v) is 11.0. The van der Waals surface area contributed by atoms with E-state index in [1.807, 2.05) is 0 Å². The molecule has 4 nitrogen and oxygen atoms in total. The van der Waals surface area contributed by atoms with Crippen LogP contribution in [0.4, 0.5) is 5.69 Å². The van der Waals surface area contributed by atoms with Gasteiger partial charge in [0.1, 0.15) is 5.75 Å². The van der Waals surface area contributed by atoms with Gasteiger partial charge in [0, 0.05) is 12.3 Å². The number of carbonyl (C=O) groups excluding carboxylic acids is 1. The van der Waals surface area contributed by atoms with Gasteiger partial charge in [0.15, 0.2) is 0 Å². The molecule has 0 aliphatic rings. The van der Waals surface area contributed by atoms with Crippen LogP contribution in [0.2, 0.25) is 0 Å². The van der Waals surface area contributed by atoms with Crippen LogP contribution < -0.4 is 15.8 Å². The van der Waals surface area contributed by atoms with Gasteiger partial charge in [0.2, 0.25) is 0 Å². The van der Waals surface area contributed by atoms with E-state index in [1.54, 1.807) is 30.0 Å². The van der Waals surface area contributed by atoms with Crippen molar-refractivity contribution in [1.29, 1.82) is 0 Å². The molecular formula is C13H16N2O2S. The number of nitrogens with one attached hydrogen (secondary N) is 1. The van der Waals surface area contributed by atoms with Gasteiger partial charge in [-0.3, -0.25) is 4.79 Å². The smallest absolute Gasteiger partial charge is 0.253 e. The van der Waals surface area contributed by atoms with Crippen LogP contribution in [0.3, 0.4) is 0 Å². The quantitative estimate of drug-likeness (QED) is 0.463. The van der Waals surface area contributed by atoms with Crippen molar-refractivity contribution in [3.05, 3.63) is 23.8 Å². The SMILES string of the molecule is C#CCSCCNC(=O)c1cccc(OC)c1N. The molecule has 96 valence electrons. The first-order chi connectivity index (χ1) is 8.70. The second kappa shape index (κ2) is 7.51. The van der Waals surface area contributed by atoms with Gasteiger partial charge in [-0.25, -0.2) is 0 Å². The van der Waals surface area contributed by atoms with Crippen LogP contribution in [-0.2, 0) is 0 Å². The molecule has 0 spiro atoms. The number of carbonyl (C=O) groups is 1. The van der Waals surface area contributed by atoms with Gasteiger partial charge in [0.05, 0.1) is 24.1 Å². The Kier molecular flexibility index (Phi) is 5.95. The summed E-state index contributed by atoms with van der Waals surface area (Å²) in [4.78, 5) is 11.9. The molecule has 18 heavy (non-hydrogen) atoms. The molecule has 0 aliphatic carbocycles. The van der Waals surface area contributed by atoms with Crippen LogP contribution in [0.1, 0.15) is 10.4 Å². The van der Waals surface area contributed by atoms with E-state index in [9.17, 15) is 4.79 Å². The van der Waals surface area contributed by atoms with Gasteiger partial charge in [-0.2, -0.15) is 0 Å². The molecule has 1 rings (SSSR count). The minimum Gasteiger partial charge on any atom is -0.495 e. The second-order valence-corrected chi connectivity index (χ2v) is 4.54. The molecule has 0 bridgehead atoms. The van der Waals surface area contributed by atoms with Crippen molar-refractivity contribution in [3.8, 4) is 18.1 Å². The Morgan fingerprint density at radius 2 is 2.39 bits per heavy atom. The first kappa shape index (κ1) is 14.3. The van der Waals surface area contributed by atoms with E-state index in [-0.39, 0.29) is 5.91 Å². The van der Waals surface area contributed by atoms with Gasteiger partial charge in [-0.15, -0.1) is 18.2 Å². The Balaban J connectivity index is 2.54. The lowest BCUT2D eigenvalue weighted by molar-refractivity contribution is 0.0957. The summed E-state index contributed by atoms with van der Waals surface area (Å²) < 4.78 is 5.06. The summed E-state index contributed by atoms with van der Waals surface area (Å²) in [5.41, 5.74) is 6.61. The number of amides is 1. The maximum Gasteiger partial charge on any atom is 0.253 e. The monoisotopic (exact) mass is 264 g/mol. The standard InChI is InChI=1S/C13H16N2O2S/c1-3-8-18-9-7-15-13(16)10-5-4-6-11(17-2)12(10)14/h1,4-6H,7-9,14H2,2H3,(H,15,16). The van der Waals surface area contributed by atoms with Crippen LogP contribution in [0.25, 0.3) is 0 Å². The van der Waals surface area contributed by atoms with Crippen molar-refractivity contribution in [2.45, 2.75) is 0 Å². The predicted molar refractivity (Wildman–Crippen MR) is 75.9 cm³/mol. The molecule has 3 N–H and O–H groups in total. The number of hydrogen-bond donors (Lipinski definition) is 2. The van der Waals surface area contributed by atoms with Crippen molar-refractivity contribution in [2.24, 2.45) is 0 Å². The molecule has 0 fully saturated rings. The van der Waals surface area contributed by atoms with E-state index in [1.165, 1.54) is 7.11 Å². The van der Waals surface area contributed by atoms with Gasteiger partial charge in [-0.1, -0.05) is 12.0 Å². The van der Waals surface area contributed by atoms with Gasteiger partial charge in [0.25, 0.3) is 5.91 Å². The molecule has 5 heteroatoms. The largest absolute Gasteiger partial charge is 0.495 e. The molecule has 0 saturated carbocycles. The lowest BCUT2D eigenvalue weighted by Gasteiger charge is -2.10. The highest BCUT2D eigenvalue weighted by molar-refractivity contribution is 7.99. The molecule has 0 aromatic heterocycles. The third-order valence-corrected chi connectivity index (χ3v) is 3.11. The Morgan fingerprint density at radius 3 is 3.06 bits per heavy atom. The minimum atomic E-state index is -0.201. The fourth-order valence-corrected chi connectivity index (χ4v) is 1.89. The molecule has 0 aliphatic heterocycles. The number of anilines is 1. The molecular weight excluding hydrogens is 248 g/mol. The summed E-state index contributed by atoms with van der Waals surface area (Å²) in [5, 5.41) is 2.79. The highest BCUT2D eigenvalue weighted by Crippen LogP contribution is 2.24. The van der Waals surface area contributed by atoms with E-state index in [2.05, 4.69) is 11.2 Å². The summed E-state index contributed by atoms with van der Waals surface area (Å²) in [6, 6.07) is 5.12. The molecule has 0 radical (unpaired) electrons. The van der Waals surface area contributed by atoms with E-state index >= 15 is 0 Å². The normalized spacial score (nSPS) is 9.56. The van der Waals surface area contributed by atoms with E-state index < -0.39 is 0 Å². The van der Waals surface area contributed by atoms with Crippen molar-refractivity contribution < 1.29 is 9.53 Å². The van der Waals surface area contributed by atoms with E-state index in [0.717, 1.165) is 5.75 Å². The average molecular weight is 264 g/mol. The topological polar surface area (TPSA) is 64.3 Å². The van der Waals surface area contributed by atoms with Gasteiger partial charge in [-0.05, 0) is 12.1 Å². The predicted octanol–water partition coefficient (Wildman–Crippen LogP) is 1.37. The van der Waals surface area contributed by atoms with Crippen LogP contribution in [0.15, 0.2) is 18.2 Å². The maximum absolute atomic E-state index is 11.9. The molecule has 0 saturated heterocycles. The van der Waals surface area contributed by atoms with Crippen LogP contribution in [0.5, 0.6) is 5.75 Å². The second-order valence-electron chi connectivity index (χ2n) is 3.43. The number of thioether (sulfide) groups is 1. The molecule has 0 heterocycles. The summed E-state index contributed by atoms with van der Waals surface area (Å²) in [5.74, 6) is 4.26. The molecule has 1 aromatic carbocycles. The third-order valence-electron chi connectivity index (χ3n) is 2.25. The number of methoxy groups -OCH3 is 1. The Hall–Kier alpha value is -1.80. The number of rotatable bonds is 6. The van der Waals surface area contributed by atoms with Gasteiger partial charge >= 0.3 is 0 Å². The summed E-state index contributed by atoms with van der Waals surface area (Å²) >= 11 is 1.60. The minimum absolute atomic E-state index is 0.201. The number of terminal acetylenes is 1. The Labute approximate surface area is 111 Å². The average Bonchev–Trinajstić information content (AvgIpc) is 2.38. The van der Waals surface area contributed by atoms with E-state index in [0.29, 0.717) is 29.3 Å². The van der Waals surface area contributed by atoms with Crippen LogP contribution >= 0.6 is 11.8 Å². The Morgan fingerprint density at radius 1 is 1.61 bits per heavy atom. The van der Waals surface area contributed by atoms with Crippen LogP contribution in [-0.4, -0.2) is 31.1 Å². The highest BCUT2D eigenvalue weighted by Gasteiger charge is 2.12. The zero-order chi connectivity index (χ0) is 13.4. The van der Waals surface area contributed by atoms with Crippen LogP contribution in [0, 0.1) is 12.3 Å². The first-order valence-corrected chi connectivity index (χ1v) is 6.58. The van der Waals surface area contributed by atoms with Gasteiger partial charge < -0.3 is 15.8 Å². The van der Waals surface area contributed by atoms with Crippen molar-refractivity contribution in [3.63, 3.8) is 0 Å². The number of para-hydroxylation sites is 1. The number of nitrogens with two attached hydrogens (primary N) is 1. The molecule has 0 atom stereocenters. The summed E-state index contributed by atoms with van der Waals surface area (Å²) in [6.07, 6.45) is 5.12. The van der Waals surface area contributed by atoms with Crippen molar-refractivity contribution in [1.82, 2.24) is 5.32 Å². The lowest BCUT2D eigenvalue weighted by atomic mass is 10.1. The number of benzene rings is 1. The number of ether oxygens (including phenoxy) is 1. The lowest BCUT2D eigenvalue weighted by Crippen LogP contribution is -2.26. The maximum atomic E-state index is 11.9. The third kappa shape index (κ3) is 3.90. The highest BCUT2D eigenvalue weighted by atomic mass is 32.2. The summed E-state index contributed by atoms with van der Waals surface area (Å²) in [7, 11) is 1.52. The zero-order valence-electron chi connectivity index (χ0n) is 10.2. The number of nitrogen functional groups attached to an aromatic ring is 1. The fraction of sp³-hybridized carbons (Fsp3) is 0.308. The molecule has 1 aromatic rings. The first-order valence-electron chi connectivity index (χ1n) is 5.42. The summed E-state index contributed by atoms with van der Waals surface area (Å²) in [6.45, 7) is 0.557.